The van der Waals surface area contributed by atoms with Gasteiger partial charge in [-0.05, 0) is 0 Å². The molecule has 0 fully saturated rings. The summed E-state index contributed by atoms with van der Waals surface area (Å²) < 4.78 is 0. The summed E-state index contributed by atoms with van der Waals surface area (Å²) in [7, 11) is 0. The Kier molecular flexibility index (Phi) is 8.69. The second kappa shape index (κ2) is 6.95. The van der Waals surface area contributed by atoms with Gasteiger partial charge in [-0.1, -0.05) is 13.8 Å². The van der Waals surface area contributed by atoms with Crippen molar-refractivity contribution >= 4 is 11.6 Å². The molecule has 0 N–H and O–H groups in total. The minimum Gasteiger partial charge on any atom is -0.299 e. The van der Waals surface area contributed by atoms with E-state index in [2.05, 4.69) is 0 Å². The van der Waals surface area contributed by atoms with Crippen LogP contribution < -0.4 is 0 Å². The number of hydrogen-bond donors (Lipinski definition) is 0. The fourth-order valence-corrected chi connectivity index (χ4v) is 0.470. The third kappa shape index (κ3) is 5.96. The van der Waals surface area contributed by atoms with Crippen molar-refractivity contribution in [2.24, 2.45) is 0 Å². The summed E-state index contributed by atoms with van der Waals surface area (Å²) in [5.74, 6) is 0.0868. The van der Waals surface area contributed by atoms with Gasteiger partial charge >= 0.3 is 0 Å². The summed E-state index contributed by atoms with van der Waals surface area (Å²) in [5.41, 5.74) is 0. The quantitative estimate of drug-likeness (QED) is 0.491. The Labute approximate surface area is 71.3 Å². The van der Waals surface area contributed by atoms with Crippen LogP contribution in [0.2, 0.25) is 0 Å². The van der Waals surface area contributed by atoms with Crippen LogP contribution in [0, 0.1) is 0 Å². The molecular formula is C7H12NiO2. The first-order valence-electron chi connectivity index (χ1n) is 3.24. The molecule has 0 saturated carbocycles. The summed E-state index contributed by atoms with van der Waals surface area (Å²) in [4.78, 5) is 21.1. The summed E-state index contributed by atoms with van der Waals surface area (Å²) in [6, 6.07) is 0. The van der Waals surface area contributed by atoms with Crippen LogP contribution in [0.25, 0.3) is 0 Å². The van der Waals surface area contributed by atoms with Gasteiger partial charge in [0, 0.05) is 29.3 Å². The van der Waals surface area contributed by atoms with Crippen molar-refractivity contribution in [1.82, 2.24) is 0 Å². The molecule has 0 rings (SSSR count). The molecule has 0 aromatic carbocycles. The van der Waals surface area contributed by atoms with Crippen molar-refractivity contribution in [2.45, 2.75) is 33.1 Å². The second-order valence-corrected chi connectivity index (χ2v) is 1.96. The van der Waals surface area contributed by atoms with Crippen LogP contribution in [0.3, 0.4) is 0 Å². The summed E-state index contributed by atoms with van der Waals surface area (Å²) in [6.07, 6.45) is 1.09. The first-order valence-corrected chi connectivity index (χ1v) is 3.24. The van der Waals surface area contributed by atoms with Gasteiger partial charge < -0.3 is 0 Å². The molecule has 0 bridgehead atoms. The minimum absolute atomic E-state index is 0. The van der Waals surface area contributed by atoms with E-state index in [1.807, 2.05) is 0 Å². The van der Waals surface area contributed by atoms with Gasteiger partial charge in [0.2, 0.25) is 0 Å². The van der Waals surface area contributed by atoms with Gasteiger partial charge in [-0.2, -0.15) is 0 Å². The van der Waals surface area contributed by atoms with Crippen LogP contribution in [0.4, 0.5) is 0 Å². The zero-order chi connectivity index (χ0) is 7.28. The van der Waals surface area contributed by atoms with Gasteiger partial charge in [-0.3, -0.25) is 9.59 Å². The van der Waals surface area contributed by atoms with Gasteiger partial charge in [0.25, 0.3) is 0 Å². The molecule has 0 radical (unpaired) electrons. The maximum absolute atomic E-state index is 10.6. The maximum atomic E-state index is 10.6. The van der Waals surface area contributed by atoms with E-state index in [1.165, 1.54) is 0 Å². The molecule has 10 heavy (non-hydrogen) atoms. The average molecular weight is 187 g/mol. The van der Waals surface area contributed by atoms with Gasteiger partial charge in [-0.15, -0.1) is 0 Å². The Bertz CT molecular complexity index is 107. The van der Waals surface area contributed by atoms with Gasteiger partial charge in [-0.25, -0.2) is 0 Å². The molecule has 62 valence electrons. The van der Waals surface area contributed by atoms with Gasteiger partial charge in [0.1, 0.15) is 11.6 Å². The fraction of sp³-hybridized carbons (Fsp3) is 0.714. The SMILES string of the molecule is CCC(=O)CC(=O)CC.[Ni]. The molecule has 0 heterocycles. The zero-order valence-electron chi connectivity index (χ0n) is 6.25. The zero-order valence-corrected chi connectivity index (χ0v) is 7.24. The summed E-state index contributed by atoms with van der Waals surface area (Å²) in [6.45, 7) is 3.54. The van der Waals surface area contributed by atoms with Crippen LogP contribution in [0.5, 0.6) is 0 Å². The van der Waals surface area contributed by atoms with Crippen LogP contribution in [-0.4, -0.2) is 11.6 Å². The number of hydrogen-bond acceptors (Lipinski definition) is 2. The smallest absolute Gasteiger partial charge is 0.139 e. The molecule has 0 amide bonds. The normalized spacial score (nSPS) is 8.20. The van der Waals surface area contributed by atoms with Crippen molar-refractivity contribution in [2.75, 3.05) is 0 Å². The molecule has 0 spiro atoms. The van der Waals surface area contributed by atoms with Gasteiger partial charge in [0.05, 0.1) is 6.42 Å². The number of rotatable bonds is 4. The third-order valence-corrected chi connectivity index (χ3v) is 1.18. The molecule has 0 unspecified atom stereocenters. The number of carbonyl (C=O) groups excluding carboxylic acids is 2. The Hall–Kier alpha value is -0.166. The first kappa shape index (κ1) is 12.5. The first-order chi connectivity index (χ1) is 4.20. The largest absolute Gasteiger partial charge is 0.299 e. The molecule has 0 aliphatic rings. The Morgan fingerprint density at radius 3 is 1.50 bits per heavy atom. The van der Waals surface area contributed by atoms with E-state index in [0.717, 1.165) is 0 Å². The molecule has 0 aromatic rings. The van der Waals surface area contributed by atoms with Crippen LogP contribution in [-0.2, 0) is 26.1 Å². The monoisotopic (exact) mass is 186 g/mol. The molecule has 0 atom stereocenters. The summed E-state index contributed by atoms with van der Waals surface area (Å²) in [5, 5.41) is 0. The predicted octanol–water partition coefficient (Wildman–Crippen LogP) is 1.33. The van der Waals surface area contributed by atoms with Crippen molar-refractivity contribution in [1.29, 1.82) is 0 Å². The standard InChI is InChI=1S/C7H12O2.Ni/c1-3-6(8)5-7(9)4-2;/h3-5H2,1-2H3;. The van der Waals surface area contributed by atoms with Crippen molar-refractivity contribution < 1.29 is 26.1 Å². The van der Waals surface area contributed by atoms with E-state index in [0.29, 0.717) is 12.8 Å². The van der Waals surface area contributed by atoms with E-state index in [9.17, 15) is 9.59 Å². The topological polar surface area (TPSA) is 34.1 Å². The van der Waals surface area contributed by atoms with Crippen molar-refractivity contribution in [3.05, 3.63) is 0 Å². The molecule has 2 nitrogen and oxygen atoms in total. The van der Waals surface area contributed by atoms with Crippen molar-refractivity contribution in [3.8, 4) is 0 Å². The Morgan fingerprint density at radius 2 is 1.30 bits per heavy atom. The Balaban J connectivity index is 0. The molecule has 0 aliphatic carbocycles. The van der Waals surface area contributed by atoms with Crippen LogP contribution in [0.1, 0.15) is 33.1 Å². The van der Waals surface area contributed by atoms with Crippen LogP contribution >= 0.6 is 0 Å². The maximum Gasteiger partial charge on any atom is 0.139 e. The predicted molar refractivity (Wildman–Crippen MR) is 35.2 cm³/mol. The van der Waals surface area contributed by atoms with Gasteiger partial charge in [0.15, 0.2) is 0 Å². The summed E-state index contributed by atoms with van der Waals surface area (Å²) >= 11 is 0. The minimum atomic E-state index is 0. The average Bonchev–Trinajstić information content (AvgIpc) is 1.87. The third-order valence-electron chi connectivity index (χ3n) is 1.18. The fourth-order valence-electron chi connectivity index (χ4n) is 0.470. The number of ketones is 2. The second-order valence-electron chi connectivity index (χ2n) is 1.96. The van der Waals surface area contributed by atoms with E-state index < -0.39 is 0 Å². The van der Waals surface area contributed by atoms with E-state index in [4.69, 9.17) is 0 Å². The molecule has 0 saturated heterocycles. The Morgan fingerprint density at radius 1 is 1.00 bits per heavy atom. The molecule has 3 heteroatoms. The molecular weight excluding hydrogens is 175 g/mol. The molecule has 0 aromatic heterocycles. The molecule has 0 aliphatic heterocycles. The number of carbonyl (C=O) groups is 2. The number of Topliss-reactive ketones (excluding diaryl/α,β-unsaturated/α-hetero) is 2. The van der Waals surface area contributed by atoms with Crippen molar-refractivity contribution in [3.63, 3.8) is 0 Å². The van der Waals surface area contributed by atoms with E-state index in [-0.39, 0.29) is 34.5 Å². The van der Waals surface area contributed by atoms with E-state index >= 15 is 0 Å². The van der Waals surface area contributed by atoms with Crippen LogP contribution in [0.15, 0.2) is 0 Å². The van der Waals surface area contributed by atoms with E-state index in [1.54, 1.807) is 13.8 Å².